The van der Waals surface area contributed by atoms with E-state index >= 15 is 0 Å². The number of hydrogen-bond acceptors (Lipinski definition) is 1. The molecule has 0 fully saturated rings. The van der Waals surface area contributed by atoms with Crippen molar-refractivity contribution in [2.24, 2.45) is 0 Å². The average molecular weight is 266 g/mol. The van der Waals surface area contributed by atoms with Crippen LogP contribution in [0.4, 0.5) is 4.39 Å². The van der Waals surface area contributed by atoms with Crippen LogP contribution in [0.2, 0.25) is 0 Å². The van der Waals surface area contributed by atoms with E-state index in [9.17, 15) is 4.39 Å². The lowest BCUT2D eigenvalue weighted by atomic mass is 10.1. The molecule has 0 radical (unpaired) electrons. The normalized spacial score (nSPS) is 10.2. The van der Waals surface area contributed by atoms with Crippen LogP contribution in [0.25, 0.3) is 0 Å². The van der Waals surface area contributed by atoms with Crippen molar-refractivity contribution in [3.63, 3.8) is 0 Å². The zero-order valence-corrected chi connectivity index (χ0v) is 8.22. The van der Waals surface area contributed by atoms with Crippen molar-refractivity contribution in [2.45, 2.75) is 13.5 Å². The molecule has 1 aromatic rings. The number of benzene rings is 1. The zero-order valence-electron chi connectivity index (χ0n) is 6.06. The molecule has 11 heavy (non-hydrogen) atoms. The molecule has 0 aliphatic carbocycles. The second-order valence-electron chi connectivity index (χ2n) is 2.29. The standard InChI is InChI=1S/C8H8FIO/c1-5-6(4-11)7(9)2-3-8(5)10/h2-3,11H,4H2,1H3. The topological polar surface area (TPSA) is 20.2 Å². The number of aliphatic hydroxyl groups excluding tert-OH is 1. The molecule has 0 spiro atoms. The molecule has 0 bridgehead atoms. The number of hydrogen-bond donors (Lipinski definition) is 1. The second-order valence-corrected chi connectivity index (χ2v) is 3.45. The molecule has 0 saturated heterocycles. The predicted octanol–water partition coefficient (Wildman–Crippen LogP) is 2.23. The molecule has 0 aliphatic rings. The Kier molecular flexibility index (Phi) is 2.84. The number of rotatable bonds is 1. The van der Waals surface area contributed by atoms with E-state index in [2.05, 4.69) is 22.6 Å². The largest absolute Gasteiger partial charge is 0.392 e. The Bertz CT molecular complexity index is 273. The van der Waals surface area contributed by atoms with E-state index < -0.39 is 0 Å². The lowest BCUT2D eigenvalue weighted by Crippen LogP contribution is -1.95. The quantitative estimate of drug-likeness (QED) is 0.773. The Labute approximate surface area is 78.4 Å². The maximum absolute atomic E-state index is 12.9. The monoisotopic (exact) mass is 266 g/mol. The molecular weight excluding hydrogens is 258 g/mol. The maximum atomic E-state index is 12.9. The van der Waals surface area contributed by atoms with Gasteiger partial charge in [-0.05, 0) is 47.2 Å². The van der Waals surface area contributed by atoms with Crippen LogP contribution in [0, 0.1) is 16.3 Å². The fourth-order valence-corrected chi connectivity index (χ4v) is 1.39. The third kappa shape index (κ3) is 1.70. The van der Waals surface area contributed by atoms with E-state index in [1.54, 1.807) is 13.0 Å². The van der Waals surface area contributed by atoms with Gasteiger partial charge in [0, 0.05) is 9.13 Å². The van der Waals surface area contributed by atoms with Crippen LogP contribution in [-0.4, -0.2) is 5.11 Å². The maximum Gasteiger partial charge on any atom is 0.129 e. The SMILES string of the molecule is Cc1c(I)ccc(F)c1CO. The molecule has 1 rings (SSSR count). The minimum Gasteiger partial charge on any atom is -0.392 e. The van der Waals surface area contributed by atoms with E-state index in [-0.39, 0.29) is 12.4 Å². The molecular formula is C8H8FIO. The fraction of sp³-hybridized carbons (Fsp3) is 0.250. The van der Waals surface area contributed by atoms with Gasteiger partial charge < -0.3 is 5.11 Å². The lowest BCUT2D eigenvalue weighted by molar-refractivity contribution is 0.274. The van der Waals surface area contributed by atoms with Gasteiger partial charge in [-0.3, -0.25) is 0 Å². The highest BCUT2D eigenvalue weighted by Gasteiger charge is 2.06. The van der Waals surface area contributed by atoms with Gasteiger partial charge >= 0.3 is 0 Å². The van der Waals surface area contributed by atoms with Gasteiger partial charge in [-0.15, -0.1) is 0 Å². The molecule has 1 aromatic carbocycles. The Hall–Kier alpha value is -0.160. The number of halogens is 2. The summed E-state index contributed by atoms with van der Waals surface area (Å²) in [4.78, 5) is 0. The van der Waals surface area contributed by atoms with Gasteiger partial charge in [-0.2, -0.15) is 0 Å². The Balaban J connectivity index is 3.29. The van der Waals surface area contributed by atoms with E-state index in [1.807, 2.05) is 0 Å². The molecule has 60 valence electrons. The highest BCUT2D eigenvalue weighted by Crippen LogP contribution is 2.18. The summed E-state index contributed by atoms with van der Waals surface area (Å²) in [5.74, 6) is -0.328. The Morgan fingerprint density at radius 2 is 2.18 bits per heavy atom. The summed E-state index contributed by atoms with van der Waals surface area (Å²) in [7, 11) is 0. The van der Waals surface area contributed by atoms with Gasteiger partial charge in [0.2, 0.25) is 0 Å². The van der Waals surface area contributed by atoms with Crippen LogP contribution < -0.4 is 0 Å². The minimum atomic E-state index is -0.328. The van der Waals surface area contributed by atoms with Gasteiger partial charge in [0.25, 0.3) is 0 Å². The van der Waals surface area contributed by atoms with Crippen molar-refractivity contribution in [3.8, 4) is 0 Å². The van der Waals surface area contributed by atoms with Crippen LogP contribution in [0.5, 0.6) is 0 Å². The van der Waals surface area contributed by atoms with Crippen LogP contribution in [0.1, 0.15) is 11.1 Å². The third-order valence-electron chi connectivity index (χ3n) is 1.63. The summed E-state index contributed by atoms with van der Waals surface area (Å²) in [5.41, 5.74) is 1.23. The molecule has 1 nitrogen and oxygen atoms in total. The molecule has 1 N–H and O–H groups in total. The minimum absolute atomic E-state index is 0.228. The van der Waals surface area contributed by atoms with Crippen molar-refractivity contribution >= 4 is 22.6 Å². The van der Waals surface area contributed by atoms with Gasteiger partial charge in [0.1, 0.15) is 5.82 Å². The van der Waals surface area contributed by atoms with E-state index in [1.165, 1.54) is 6.07 Å². The number of aliphatic hydroxyl groups is 1. The molecule has 0 aliphatic heterocycles. The summed E-state index contributed by atoms with van der Waals surface area (Å²) in [6.07, 6.45) is 0. The first kappa shape index (κ1) is 8.93. The molecule has 0 heterocycles. The smallest absolute Gasteiger partial charge is 0.129 e. The highest BCUT2D eigenvalue weighted by atomic mass is 127. The molecule has 0 saturated carbocycles. The van der Waals surface area contributed by atoms with Crippen molar-refractivity contribution in [3.05, 3.63) is 32.6 Å². The average Bonchev–Trinajstić information content (AvgIpc) is 1.99. The molecule has 0 atom stereocenters. The Morgan fingerprint density at radius 1 is 1.55 bits per heavy atom. The fourth-order valence-electron chi connectivity index (χ4n) is 0.889. The van der Waals surface area contributed by atoms with Gasteiger partial charge in [-0.25, -0.2) is 4.39 Å². The van der Waals surface area contributed by atoms with Gasteiger partial charge in [0.05, 0.1) is 6.61 Å². The zero-order chi connectivity index (χ0) is 8.43. The van der Waals surface area contributed by atoms with Crippen molar-refractivity contribution < 1.29 is 9.50 Å². The van der Waals surface area contributed by atoms with E-state index in [4.69, 9.17) is 5.11 Å². The Morgan fingerprint density at radius 3 is 2.64 bits per heavy atom. The first-order chi connectivity index (χ1) is 5.16. The van der Waals surface area contributed by atoms with Gasteiger partial charge in [0.15, 0.2) is 0 Å². The third-order valence-corrected chi connectivity index (χ3v) is 2.80. The molecule has 0 amide bonds. The summed E-state index contributed by atoms with van der Waals surface area (Å²) in [6, 6.07) is 3.07. The molecule has 0 aromatic heterocycles. The second kappa shape index (κ2) is 3.49. The predicted molar refractivity (Wildman–Crippen MR) is 49.8 cm³/mol. The first-order valence-electron chi connectivity index (χ1n) is 3.21. The van der Waals surface area contributed by atoms with Crippen LogP contribution in [-0.2, 0) is 6.61 Å². The van der Waals surface area contributed by atoms with Crippen molar-refractivity contribution in [1.82, 2.24) is 0 Å². The van der Waals surface area contributed by atoms with Crippen molar-refractivity contribution in [2.75, 3.05) is 0 Å². The van der Waals surface area contributed by atoms with Crippen LogP contribution in [0.3, 0.4) is 0 Å². The first-order valence-corrected chi connectivity index (χ1v) is 4.29. The molecule has 0 unspecified atom stereocenters. The van der Waals surface area contributed by atoms with E-state index in [0.29, 0.717) is 5.56 Å². The van der Waals surface area contributed by atoms with Gasteiger partial charge in [-0.1, -0.05) is 0 Å². The summed E-state index contributed by atoms with van der Waals surface area (Å²) in [6.45, 7) is 1.57. The van der Waals surface area contributed by atoms with Crippen LogP contribution in [0.15, 0.2) is 12.1 Å². The highest BCUT2D eigenvalue weighted by molar-refractivity contribution is 14.1. The lowest BCUT2D eigenvalue weighted by Gasteiger charge is -2.04. The van der Waals surface area contributed by atoms with E-state index in [0.717, 1.165) is 9.13 Å². The van der Waals surface area contributed by atoms with Crippen molar-refractivity contribution in [1.29, 1.82) is 0 Å². The molecule has 3 heteroatoms. The summed E-state index contributed by atoms with van der Waals surface area (Å²) in [5, 5.41) is 8.78. The summed E-state index contributed by atoms with van der Waals surface area (Å²) < 4.78 is 13.8. The van der Waals surface area contributed by atoms with Crippen LogP contribution >= 0.6 is 22.6 Å². The summed E-state index contributed by atoms with van der Waals surface area (Å²) >= 11 is 2.11.